The molecule has 5 heteroatoms. The molecule has 0 unspecified atom stereocenters. The maximum Gasteiger partial charge on any atom is 0.258 e. The van der Waals surface area contributed by atoms with Gasteiger partial charge in [-0.3, -0.25) is 9.59 Å². The van der Waals surface area contributed by atoms with E-state index in [9.17, 15) is 14.0 Å². The van der Waals surface area contributed by atoms with E-state index in [1.165, 1.54) is 12.1 Å². The lowest BCUT2D eigenvalue weighted by Gasteiger charge is -2.24. The number of hydrogen-bond donors (Lipinski definition) is 1. The first-order chi connectivity index (χ1) is 12.1. The fourth-order valence-corrected chi connectivity index (χ4v) is 2.71. The number of amides is 2. The molecule has 2 aromatic carbocycles. The van der Waals surface area contributed by atoms with Crippen LogP contribution in [0.4, 0.5) is 10.1 Å². The molecule has 130 valence electrons. The van der Waals surface area contributed by atoms with Crippen molar-refractivity contribution in [1.29, 1.82) is 0 Å². The van der Waals surface area contributed by atoms with Crippen molar-refractivity contribution >= 4 is 17.5 Å². The van der Waals surface area contributed by atoms with Gasteiger partial charge in [-0.15, -0.1) is 0 Å². The number of rotatable bonds is 6. The van der Waals surface area contributed by atoms with Gasteiger partial charge in [0.2, 0.25) is 5.91 Å². The van der Waals surface area contributed by atoms with Crippen LogP contribution in [0.1, 0.15) is 28.8 Å². The minimum Gasteiger partial charge on any atom is -0.354 e. The number of hydrogen-bond acceptors (Lipinski definition) is 2. The van der Waals surface area contributed by atoms with Gasteiger partial charge in [0.1, 0.15) is 5.82 Å². The van der Waals surface area contributed by atoms with Crippen molar-refractivity contribution in [2.45, 2.75) is 19.8 Å². The van der Waals surface area contributed by atoms with Crippen LogP contribution in [0.3, 0.4) is 0 Å². The Morgan fingerprint density at radius 2 is 1.80 bits per heavy atom. The second-order valence-corrected chi connectivity index (χ2v) is 6.31. The average molecular weight is 340 g/mol. The van der Waals surface area contributed by atoms with Crippen LogP contribution in [0.5, 0.6) is 0 Å². The van der Waals surface area contributed by atoms with E-state index >= 15 is 0 Å². The molecule has 0 spiro atoms. The largest absolute Gasteiger partial charge is 0.354 e. The van der Waals surface area contributed by atoms with Gasteiger partial charge in [0.25, 0.3) is 5.91 Å². The Labute approximate surface area is 146 Å². The topological polar surface area (TPSA) is 49.4 Å². The van der Waals surface area contributed by atoms with Crippen molar-refractivity contribution in [1.82, 2.24) is 5.32 Å². The lowest BCUT2D eigenvalue weighted by atomic mass is 10.1. The lowest BCUT2D eigenvalue weighted by Crippen LogP contribution is -2.39. The van der Waals surface area contributed by atoms with E-state index in [0.29, 0.717) is 24.3 Å². The third-order valence-corrected chi connectivity index (χ3v) is 4.34. The fourth-order valence-electron chi connectivity index (χ4n) is 2.71. The molecule has 1 aliphatic carbocycles. The molecule has 0 heterocycles. The summed E-state index contributed by atoms with van der Waals surface area (Å²) in [5, 5.41) is 2.87. The molecular formula is C20H21FN2O2. The van der Waals surface area contributed by atoms with Crippen molar-refractivity contribution in [3.05, 3.63) is 65.5 Å². The van der Waals surface area contributed by atoms with Gasteiger partial charge in [0.05, 0.1) is 0 Å². The van der Waals surface area contributed by atoms with Crippen molar-refractivity contribution in [2.75, 3.05) is 18.0 Å². The van der Waals surface area contributed by atoms with E-state index in [1.807, 2.05) is 25.1 Å². The Balaban J connectivity index is 1.78. The van der Waals surface area contributed by atoms with E-state index in [-0.39, 0.29) is 23.5 Å². The summed E-state index contributed by atoms with van der Waals surface area (Å²) in [5.41, 5.74) is 2.08. The van der Waals surface area contributed by atoms with Gasteiger partial charge < -0.3 is 10.2 Å². The Morgan fingerprint density at radius 3 is 2.44 bits per heavy atom. The molecule has 0 radical (unpaired) electrons. The zero-order valence-corrected chi connectivity index (χ0v) is 14.2. The molecule has 0 atom stereocenters. The standard InChI is InChI=1S/C20H21FN2O2/c1-14-4-2-3-5-18(14)20(25)23(17-10-8-16(21)9-11-17)13-12-22-19(24)15-6-7-15/h2-5,8-11,15H,6-7,12-13H2,1H3,(H,22,24). The molecule has 0 saturated heterocycles. The summed E-state index contributed by atoms with van der Waals surface area (Å²) >= 11 is 0. The van der Waals surface area contributed by atoms with E-state index in [1.54, 1.807) is 23.1 Å². The molecule has 1 N–H and O–H groups in total. The average Bonchev–Trinajstić information content (AvgIpc) is 3.45. The van der Waals surface area contributed by atoms with Gasteiger partial charge in [0, 0.05) is 30.3 Å². The predicted molar refractivity (Wildman–Crippen MR) is 95.0 cm³/mol. The summed E-state index contributed by atoms with van der Waals surface area (Å²) < 4.78 is 13.2. The van der Waals surface area contributed by atoms with E-state index in [4.69, 9.17) is 0 Å². The maximum absolute atomic E-state index is 13.2. The zero-order valence-electron chi connectivity index (χ0n) is 14.2. The van der Waals surface area contributed by atoms with Gasteiger partial charge in [-0.1, -0.05) is 18.2 Å². The number of anilines is 1. The molecule has 3 rings (SSSR count). The third-order valence-electron chi connectivity index (χ3n) is 4.34. The molecule has 1 saturated carbocycles. The number of nitrogens with zero attached hydrogens (tertiary/aromatic N) is 1. The zero-order chi connectivity index (χ0) is 17.8. The van der Waals surface area contributed by atoms with Gasteiger partial charge >= 0.3 is 0 Å². The highest BCUT2D eigenvalue weighted by atomic mass is 19.1. The highest BCUT2D eigenvalue weighted by molar-refractivity contribution is 6.07. The molecule has 1 aliphatic rings. The number of halogens is 1. The summed E-state index contributed by atoms with van der Waals surface area (Å²) in [5.74, 6) is -0.340. The van der Waals surface area contributed by atoms with Crippen LogP contribution in [0.15, 0.2) is 48.5 Å². The van der Waals surface area contributed by atoms with Gasteiger partial charge in [-0.2, -0.15) is 0 Å². The van der Waals surface area contributed by atoms with Crippen molar-refractivity contribution < 1.29 is 14.0 Å². The van der Waals surface area contributed by atoms with Crippen LogP contribution in [0.25, 0.3) is 0 Å². The minimum absolute atomic E-state index is 0.0439. The van der Waals surface area contributed by atoms with Crippen LogP contribution in [0, 0.1) is 18.7 Å². The van der Waals surface area contributed by atoms with Crippen LogP contribution in [-0.4, -0.2) is 24.9 Å². The molecule has 0 aromatic heterocycles. The van der Waals surface area contributed by atoms with Gasteiger partial charge in [-0.25, -0.2) is 4.39 Å². The fraction of sp³-hybridized carbons (Fsp3) is 0.300. The normalized spacial score (nSPS) is 13.4. The van der Waals surface area contributed by atoms with E-state index in [2.05, 4.69) is 5.32 Å². The summed E-state index contributed by atoms with van der Waals surface area (Å²) in [7, 11) is 0. The van der Waals surface area contributed by atoms with Gasteiger partial charge in [0.15, 0.2) is 0 Å². The number of benzene rings is 2. The van der Waals surface area contributed by atoms with Crippen LogP contribution in [-0.2, 0) is 4.79 Å². The quantitative estimate of drug-likeness (QED) is 0.877. The van der Waals surface area contributed by atoms with Crippen molar-refractivity contribution in [3.8, 4) is 0 Å². The molecule has 2 aromatic rings. The molecule has 0 bridgehead atoms. The predicted octanol–water partition coefficient (Wildman–Crippen LogP) is 3.31. The minimum atomic E-state index is -0.353. The van der Waals surface area contributed by atoms with Crippen LogP contribution in [0.2, 0.25) is 0 Å². The Kier molecular flexibility index (Phi) is 5.12. The first-order valence-corrected chi connectivity index (χ1v) is 8.47. The first-order valence-electron chi connectivity index (χ1n) is 8.47. The Hall–Kier alpha value is -2.69. The van der Waals surface area contributed by atoms with Crippen molar-refractivity contribution in [3.63, 3.8) is 0 Å². The monoisotopic (exact) mass is 340 g/mol. The lowest BCUT2D eigenvalue weighted by molar-refractivity contribution is -0.122. The molecule has 2 amide bonds. The SMILES string of the molecule is Cc1ccccc1C(=O)N(CCNC(=O)C1CC1)c1ccc(F)cc1. The number of nitrogens with one attached hydrogen (secondary N) is 1. The second-order valence-electron chi connectivity index (χ2n) is 6.31. The van der Waals surface area contributed by atoms with E-state index < -0.39 is 0 Å². The second kappa shape index (κ2) is 7.47. The third kappa shape index (κ3) is 4.24. The van der Waals surface area contributed by atoms with Crippen LogP contribution < -0.4 is 10.2 Å². The summed E-state index contributed by atoms with van der Waals surface area (Å²) in [6.07, 6.45) is 1.88. The summed E-state index contributed by atoms with van der Waals surface area (Å²) in [4.78, 5) is 26.4. The summed E-state index contributed by atoms with van der Waals surface area (Å²) in [6.45, 7) is 2.58. The maximum atomic E-state index is 13.2. The number of carbonyl (C=O) groups is 2. The number of carbonyl (C=O) groups excluding carboxylic acids is 2. The van der Waals surface area contributed by atoms with Crippen molar-refractivity contribution in [2.24, 2.45) is 5.92 Å². The number of aryl methyl sites for hydroxylation is 1. The molecule has 0 aliphatic heterocycles. The van der Waals surface area contributed by atoms with Gasteiger partial charge in [-0.05, 0) is 55.7 Å². The van der Waals surface area contributed by atoms with Crippen LogP contribution >= 0.6 is 0 Å². The Morgan fingerprint density at radius 1 is 1.12 bits per heavy atom. The molecule has 4 nitrogen and oxygen atoms in total. The first kappa shape index (κ1) is 17.1. The molecular weight excluding hydrogens is 319 g/mol. The Bertz CT molecular complexity index is 770. The smallest absolute Gasteiger partial charge is 0.258 e. The van der Waals surface area contributed by atoms with E-state index in [0.717, 1.165) is 18.4 Å². The highest BCUT2D eigenvalue weighted by Gasteiger charge is 2.29. The summed E-state index contributed by atoms with van der Waals surface area (Å²) in [6, 6.07) is 13.2. The molecule has 1 fully saturated rings. The molecule has 25 heavy (non-hydrogen) atoms. The highest BCUT2D eigenvalue weighted by Crippen LogP contribution is 2.28.